The molecule has 1 saturated carbocycles. The normalized spacial score (nSPS) is 24.2. The molecule has 4 rings (SSSR count). The van der Waals surface area contributed by atoms with E-state index in [2.05, 4.69) is 44.7 Å². The summed E-state index contributed by atoms with van der Waals surface area (Å²) < 4.78 is 5.26. The van der Waals surface area contributed by atoms with Crippen LogP contribution in [0, 0.1) is 5.92 Å². The van der Waals surface area contributed by atoms with Gasteiger partial charge in [-0.3, -0.25) is 9.59 Å². The second-order valence-electron chi connectivity index (χ2n) is 10.4. The topological polar surface area (TPSA) is 77.1 Å². The molecule has 2 aliphatic heterocycles. The standard InChI is InChI=1S/C26H41N5O3/c1-29(2)18-25(32)28-21-13-19(14-27-15-21)26(33)31(22-9-10-22)17-20-16-30(11-6-12-34-3)24-8-5-4-7-23(20)24/h4-5,7-8,19-22,27H,6,9-18H2,1-3H3,(H,28,32)/t19-,20?,21+/m0/s1. The number of nitrogens with zero attached hydrogens (tertiary/aromatic N) is 3. The lowest BCUT2D eigenvalue weighted by molar-refractivity contribution is -0.137. The molecule has 1 aromatic carbocycles. The number of rotatable bonds is 11. The number of amides is 2. The third kappa shape index (κ3) is 6.29. The van der Waals surface area contributed by atoms with Crippen LogP contribution in [0.1, 0.15) is 37.2 Å². The highest BCUT2D eigenvalue weighted by molar-refractivity contribution is 5.81. The molecule has 2 amide bonds. The van der Waals surface area contributed by atoms with Gasteiger partial charge in [-0.2, -0.15) is 0 Å². The third-order valence-electron chi connectivity index (χ3n) is 7.15. The number of benzene rings is 1. The number of ether oxygens (including phenoxy) is 1. The summed E-state index contributed by atoms with van der Waals surface area (Å²) in [5.74, 6) is 0.501. The van der Waals surface area contributed by atoms with Gasteiger partial charge in [0.05, 0.1) is 12.5 Å². The van der Waals surface area contributed by atoms with E-state index in [1.165, 1.54) is 11.3 Å². The summed E-state index contributed by atoms with van der Waals surface area (Å²) in [6.45, 7) is 5.23. The molecule has 2 fully saturated rings. The third-order valence-corrected chi connectivity index (χ3v) is 7.15. The number of carbonyl (C=O) groups is 2. The molecule has 188 valence electrons. The van der Waals surface area contributed by atoms with E-state index in [4.69, 9.17) is 4.74 Å². The van der Waals surface area contributed by atoms with Crippen molar-refractivity contribution in [1.29, 1.82) is 0 Å². The Bertz CT molecular complexity index is 843. The molecule has 1 saturated heterocycles. The number of para-hydroxylation sites is 1. The lowest BCUT2D eigenvalue weighted by atomic mass is 9.93. The number of fused-ring (bicyclic) bond motifs is 1. The molecule has 1 aliphatic carbocycles. The number of piperidine rings is 1. The minimum absolute atomic E-state index is 0.000291. The summed E-state index contributed by atoms with van der Waals surface area (Å²) in [5, 5.41) is 6.49. The van der Waals surface area contributed by atoms with Gasteiger partial charge < -0.3 is 30.1 Å². The molecule has 0 spiro atoms. The number of likely N-dealkylation sites (N-methyl/N-ethyl adjacent to an activating group) is 1. The van der Waals surface area contributed by atoms with Crippen molar-refractivity contribution < 1.29 is 14.3 Å². The van der Waals surface area contributed by atoms with Crippen LogP contribution < -0.4 is 15.5 Å². The summed E-state index contributed by atoms with van der Waals surface area (Å²) in [5.41, 5.74) is 2.66. The van der Waals surface area contributed by atoms with Crippen molar-refractivity contribution in [3.8, 4) is 0 Å². The number of anilines is 1. The summed E-state index contributed by atoms with van der Waals surface area (Å²) >= 11 is 0. The van der Waals surface area contributed by atoms with Gasteiger partial charge >= 0.3 is 0 Å². The van der Waals surface area contributed by atoms with Gasteiger partial charge in [-0.15, -0.1) is 0 Å². The number of carbonyl (C=O) groups excluding carboxylic acids is 2. The zero-order chi connectivity index (χ0) is 24.1. The highest BCUT2D eigenvalue weighted by Gasteiger charge is 2.40. The van der Waals surface area contributed by atoms with Crippen LogP contribution in [0.25, 0.3) is 0 Å². The monoisotopic (exact) mass is 471 g/mol. The molecule has 3 atom stereocenters. The first-order chi connectivity index (χ1) is 16.5. The molecule has 3 aliphatic rings. The number of nitrogens with one attached hydrogen (secondary N) is 2. The van der Waals surface area contributed by atoms with Crippen LogP contribution in [0.4, 0.5) is 5.69 Å². The maximum Gasteiger partial charge on any atom is 0.234 e. The van der Waals surface area contributed by atoms with Crippen LogP contribution in [0.15, 0.2) is 24.3 Å². The molecule has 0 radical (unpaired) electrons. The first-order valence-electron chi connectivity index (χ1n) is 12.7. The minimum Gasteiger partial charge on any atom is -0.385 e. The van der Waals surface area contributed by atoms with Gasteiger partial charge in [0.2, 0.25) is 11.8 Å². The van der Waals surface area contributed by atoms with Crippen molar-refractivity contribution in [2.45, 2.75) is 43.7 Å². The first kappa shape index (κ1) is 24.9. The van der Waals surface area contributed by atoms with Crippen molar-refractivity contribution in [2.24, 2.45) is 5.92 Å². The van der Waals surface area contributed by atoms with Crippen LogP contribution in [0.2, 0.25) is 0 Å². The highest BCUT2D eigenvalue weighted by atomic mass is 16.5. The molecular weight excluding hydrogens is 430 g/mol. The van der Waals surface area contributed by atoms with Gasteiger partial charge in [0, 0.05) is 70.1 Å². The van der Waals surface area contributed by atoms with Gasteiger partial charge in [-0.05, 0) is 51.4 Å². The number of hydrogen-bond acceptors (Lipinski definition) is 6. The summed E-state index contributed by atoms with van der Waals surface area (Å²) in [7, 11) is 5.52. The van der Waals surface area contributed by atoms with E-state index in [9.17, 15) is 9.59 Å². The fraction of sp³-hybridized carbons (Fsp3) is 0.692. The molecule has 2 N–H and O–H groups in total. The first-order valence-corrected chi connectivity index (χ1v) is 12.7. The van der Waals surface area contributed by atoms with E-state index >= 15 is 0 Å². The zero-order valence-corrected chi connectivity index (χ0v) is 21.0. The molecule has 2 heterocycles. The van der Waals surface area contributed by atoms with E-state index in [1.807, 2.05) is 19.0 Å². The van der Waals surface area contributed by atoms with Crippen LogP contribution >= 0.6 is 0 Å². The Morgan fingerprint density at radius 1 is 1.21 bits per heavy atom. The van der Waals surface area contributed by atoms with Crippen LogP contribution in [0.5, 0.6) is 0 Å². The molecule has 1 unspecified atom stereocenters. The van der Waals surface area contributed by atoms with Crippen molar-refractivity contribution in [1.82, 2.24) is 20.4 Å². The molecule has 8 nitrogen and oxygen atoms in total. The summed E-state index contributed by atoms with van der Waals surface area (Å²) in [6, 6.07) is 9.01. The highest BCUT2D eigenvalue weighted by Crippen LogP contribution is 2.39. The Labute approximate surface area is 204 Å². The molecule has 0 aromatic heterocycles. The molecule has 0 bridgehead atoms. The average Bonchev–Trinajstić information content (AvgIpc) is 3.60. The Morgan fingerprint density at radius 3 is 2.74 bits per heavy atom. The van der Waals surface area contributed by atoms with E-state index in [1.54, 1.807) is 7.11 Å². The van der Waals surface area contributed by atoms with Crippen LogP contribution in [0.3, 0.4) is 0 Å². The van der Waals surface area contributed by atoms with E-state index in [0.717, 1.165) is 52.0 Å². The molecule has 1 aromatic rings. The fourth-order valence-corrected chi connectivity index (χ4v) is 5.43. The van der Waals surface area contributed by atoms with Crippen molar-refractivity contribution in [3.63, 3.8) is 0 Å². The zero-order valence-electron chi connectivity index (χ0n) is 21.0. The lowest BCUT2D eigenvalue weighted by Gasteiger charge is -2.35. The van der Waals surface area contributed by atoms with E-state index in [0.29, 0.717) is 31.5 Å². The second-order valence-corrected chi connectivity index (χ2v) is 10.4. The predicted molar refractivity (Wildman–Crippen MR) is 134 cm³/mol. The summed E-state index contributed by atoms with van der Waals surface area (Å²) in [6.07, 6.45) is 3.90. The van der Waals surface area contributed by atoms with E-state index < -0.39 is 0 Å². The van der Waals surface area contributed by atoms with Crippen LogP contribution in [-0.2, 0) is 14.3 Å². The fourth-order valence-electron chi connectivity index (χ4n) is 5.43. The minimum atomic E-state index is -0.0894. The largest absolute Gasteiger partial charge is 0.385 e. The molecular formula is C26H41N5O3. The van der Waals surface area contributed by atoms with Gasteiger partial charge in [0.1, 0.15) is 0 Å². The van der Waals surface area contributed by atoms with Gasteiger partial charge in [-0.25, -0.2) is 0 Å². The average molecular weight is 472 g/mol. The maximum atomic E-state index is 13.7. The number of methoxy groups -OCH3 is 1. The SMILES string of the molecule is COCCCN1CC(CN(C(=O)[C@@H]2CNC[C@H](NC(=O)CN(C)C)C2)C2CC2)c2ccccc21. The quantitative estimate of drug-likeness (QED) is 0.474. The van der Waals surface area contributed by atoms with Crippen molar-refractivity contribution in [2.75, 3.05) is 72.0 Å². The Morgan fingerprint density at radius 2 is 2.00 bits per heavy atom. The number of hydrogen-bond donors (Lipinski definition) is 2. The van der Waals surface area contributed by atoms with Crippen molar-refractivity contribution in [3.05, 3.63) is 29.8 Å². The maximum absolute atomic E-state index is 13.7. The predicted octanol–water partition coefficient (Wildman–Crippen LogP) is 1.27. The Kier molecular flexibility index (Phi) is 8.45. The van der Waals surface area contributed by atoms with Gasteiger partial charge in [-0.1, -0.05) is 18.2 Å². The summed E-state index contributed by atoms with van der Waals surface area (Å²) in [4.78, 5) is 32.4. The molecule has 8 heteroatoms. The van der Waals surface area contributed by atoms with Crippen molar-refractivity contribution >= 4 is 17.5 Å². The Balaban J connectivity index is 1.39. The molecule has 34 heavy (non-hydrogen) atoms. The van der Waals surface area contributed by atoms with Gasteiger partial charge in [0.15, 0.2) is 0 Å². The second kappa shape index (κ2) is 11.5. The van der Waals surface area contributed by atoms with Gasteiger partial charge in [0.25, 0.3) is 0 Å². The van der Waals surface area contributed by atoms with E-state index in [-0.39, 0.29) is 23.8 Å². The smallest absolute Gasteiger partial charge is 0.234 e. The lowest BCUT2D eigenvalue weighted by Crippen LogP contribution is -2.54. The van der Waals surface area contributed by atoms with Crippen LogP contribution in [-0.4, -0.2) is 101 Å². The Hall–Kier alpha value is -2.16.